The summed E-state index contributed by atoms with van der Waals surface area (Å²) in [7, 11) is 0. The van der Waals surface area contributed by atoms with Crippen molar-refractivity contribution in [1.29, 1.82) is 0 Å². The summed E-state index contributed by atoms with van der Waals surface area (Å²) in [5, 5.41) is 10.7. The smallest absolute Gasteiger partial charge is 0.352 e. The Morgan fingerprint density at radius 1 is 1.10 bits per heavy atom. The molecule has 0 aromatic heterocycles. The maximum atomic E-state index is 11.9. The molecule has 6 heteroatoms. The van der Waals surface area contributed by atoms with Crippen molar-refractivity contribution in [3.05, 3.63) is 64.7 Å². The molecule has 1 atom stereocenters. The average molecular weight is 287 g/mol. The number of carbonyl (C=O) groups is 1. The summed E-state index contributed by atoms with van der Waals surface area (Å²) in [5.74, 6) is 0.0260. The van der Waals surface area contributed by atoms with E-state index >= 15 is 0 Å². The molecule has 108 valence electrons. The fraction of sp³-hybridized carbons (Fsp3) is 0.133. The Balaban J connectivity index is 2.00. The van der Waals surface area contributed by atoms with Crippen molar-refractivity contribution in [2.24, 2.45) is 0 Å². The molecule has 0 radical (unpaired) electrons. The monoisotopic (exact) mass is 287 g/mol. The number of rotatable bonds is 5. The Morgan fingerprint density at radius 2 is 1.76 bits per heavy atom. The van der Waals surface area contributed by atoms with E-state index in [9.17, 15) is 14.9 Å². The normalized spacial score (nSPS) is 11.5. The third-order valence-electron chi connectivity index (χ3n) is 2.63. The molecule has 2 aromatic rings. The van der Waals surface area contributed by atoms with Crippen LogP contribution in [0.3, 0.4) is 0 Å². The van der Waals surface area contributed by atoms with Gasteiger partial charge in [-0.25, -0.2) is 4.79 Å². The van der Waals surface area contributed by atoms with Crippen LogP contribution >= 0.6 is 0 Å². The second-order valence-electron chi connectivity index (χ2n) is 4.25. The minimum absolute atomic E-state index is 0.109. The van der Waals surface area contributed by atoms with E-state index in [0.29, 0.717) is 5.75 Å². The van der Waals surface area contributed by atoms with E-state index in [-0.39, 0.29) is 11.4 Å². The summed E-state index contributed by atoms with van der Waals surface area (Å²) in [4.78, 5) is 22.0. The summed E-state index contributed by atoms with van der Waals surface area (Å²) >= 11 is 0. The first kappa shape index (κ1) is 14.5. The van der Waals surface area contributed by atoms with E-state index in [1.807, 2.05) is 6.07 Å². The molecule has 2 aromatic carbocycles. The predicted molar refractivity (Wildman–Crippen MR) is 75.3 cm³/mol. The largest absolute Gasteiger partial charge is 0.479 e. The summed E-state index contributed by atoms with van der Waals surface area (Å²) < 4.78 is 10.5. The van der Waals surface area contributed by atoms with E-state index in [0.717, 1.165) is 0 Å². The van der Waals surface area contributed by atoms with Crippen molar-refractivity contribution in [3.63, 3.8) is 0 Å². The predicted octanol–water partition coefficient (Wildman–Crippen LogP) is 2.97. The minimum Gasteiger partial charge on any atom is -0.479 e. The highest BCUT2D eigenvalue weighted by Crippen LogP contribution is 2.20. The topological polar surface area (TPSA) is 78.7 Å². The van der Waals surface area contributed by atoms with Gasteiger partial charge >= 0.3 is 5.97 Å². The van der Waals surface area contributed by atoms with E-state index in [1.165, 1.54) is 24.3 Å². The van der Waals surface area contributed by atoms with Crippen molar-refractivity contribution in [2.45, 2.75) is 13.0 Å². The lowest BCUT2D eigenvalue weighted by Crippen LogP contribution is -2.28. The summed E-state index contributed by atoms with van der Waals surface area (Å²) in [6.45, 7) is 1.55. The first-order chi connectivity index (χ1) is 10.1. The van der Waals surface area contributed by atoms with Crippen LogP contribution in [-0.2, 0) is 4.79 Å². The Hall–Kier alpha value is -2.89. The van der Waals surface area contributed by atoms with E-state index in [4.69, 9.17) is 9.47 Å². The van der Waals surface area contributed by atoms with Crippen LogP contribution in [0.15, 0.2) is 54.6 Å². The van der Waals surface area contributed by atoms with E-state index < -0.39 is 17.0 Å². The van der Waals surface area contributed by atoms with Gasteiger partial charge in [0.2, 0.25) is 0 Å². The molecule has 0 bridgehead atoms. The molecule has 0 amide bonds. The number of hydrogen-bond acceptors (Lipinski definition) is 5. The highest BCUT2D eigenvalue weighted by molar-refractivity contribution is 5.77. The van der Waals surface area contributed by atoms with Crippen LogP contribution in [0.4, 0.5) is 5.69 Å². The second kappa shape index (κ2) is 6.51. The summed E-state index contributed by atoms with van der Waals surface area (Å²) in [6, 6.07) is 14.3. The molecule has 0 heterocycles. The number of ether oxygens (including phenoxy) is 2. The number of para-hydroxylation sites is 1. The fourth-order valence-corrected chi connectivity index (χ4v) is 1.61. The second-order valence-corrected chi connectivity index (χ2v) is 4.25. The number of carbonyl (C=O) groups excluding carboxylic acids is 1. The van der Waals surface area contributed by atoms with Gasteiger partial charge in [-0.15, -0.1) is 0 Å². The fourth-order valence-electron chi connectivity index (χ4n) is 1.61. The number of hydrogen-bond donors (Lipinski definition) is 0. The van der Waals surface area contributed by atoms with Crippen LogP contribution in [0, 0.1) is 10.1 Å². The average Bonchev–Trinajstić information content (AvgIpc) is 2.48. The van der Waals surface area contributed by atoms with Crippen molar-refractivity contribution < 1.29 is 19.2 Å². The zero-order chi connectivity index (χ0) is 15.2. The minimum atomic E-state index is -0.827. The van der Waals surface area contributed by atoms with E-state index in [2.05, 4.69) is 0 Å². The summed E-state index contributed by atoms with van der Waals surface area (Å²) in [5.41, 5.74) is -0.142. The number of nitro groups is 1. The van der Waals surface area contributed by atoms with Gasteiger partial charge in [-0.2, -0.15) is 0 Å². The highest BCUT2D eigenvalue weighted by atomic mass is 16.6. The lowest BCUT2D eigenvalue weighted by molar-refractivity contribution is -0.384. The van der Waals surface area contributed by atoms with Gasteiger partial charge in [-0.1, -0.05) is 24.3 Å². The third-order valence-corrected chi connectivity index (χ3v) is 2.63. The SMILES string of the molecule is CC(Oc1ccccc1)C(=O)Oc1cccc([N+](=O)[O-])c1. The number of nitro benzene ring substituents is 1. The lowest BCUT2D eigenvalue weighted by Gasteiger charge is -2.13. The molecule has 0 aliphatic heterocycles. The Kier molecular flexibility index (Phi) is 4.50. The van der Waals surface area contributed by atoms with Crippen LogP contribution in [0.1, 0.15) is 6.92 Å². The molecule has 0 saturated heterocycles. The van der Waals surface area contributed by atoms with Gasteiger partial charge in [0.05, 0.1) is 11.0 Å². The third kappa shape index (κ3) is 4.04. The van der Waals surface area contributed by atoms with Crippen molar-refractivity contribution in [3.8, 4) is 11.5 Å². The molecule has 1 unspecified atom stereocenters. The van der Waals surface area contributed by atoms with Crippen LogP contribution in [0.5, 0.6) is 11.5 Å². The number of esters is 1. The molecule has 0 N–H and O–H groups in total. The van der Waals surface area contributed by atoms with Gasteiger partial charge < -0.3 is 9.47 Å². The van der Waals surface area contributed by atoms with E-state index in [1.54, 1.807) is 31.2 Å². The zero-order valence-electron chi connectivity index (χ0n) is 11.3. The van der Waals surface area contributed by atoms with Crippen LogP contribution in [0.2, 0.25) is 0 Å². The van der Waals surface area contributed by atoms with Crippen LogP contribution in [0.25, 0.3) is 0 Å². The first-order valence-corrected chi connectivity index (χ1v) is 6.24. The molecule has 0 spiro atoms. The molecule has 0 aliphatic carbocycles. The zero-order valence-corrected chi connectivity index (χ0v) is 11.3. The van der Waals surface area contributed by atoms with Gasteiger partial charge in [-0.05, 0) is 25.1 Å². The van der Waals surface area contributed by atoms with Crippen LogP contribution < -0.4 is 9.47 Å². The van der Waals surface area contributed by atoms with Crippen LogP contribution in [-0.4, -0.2) is 17.0 Å². The van der Waals surface area contributed by atoms with Gasteiger partial charge in [0, 0.05) is 6.07 Å². The van der Waals surface area contributed by atoms with Crippen molar-refractivity contribution in [2.75, 3.05) is 0 Å². The maximum Gasteiger partial charge on any atom is 0.352 e. The maximum absolute atomic E-state index is 11.9. The number of nitrogens with zero attached hydrogens (tertiary/aromatic N) is 1. The molecular formula is C15H13NO5. The molecule has 0 fully saturated rings. The van der Waals surface area contributed by atoms with Crippen molar-refractivity contribution in [1.82, 2.24) is 0 Å². The van der Waals surface area contributed by atoms with Gasteiger partial charge in [-0.3, -0.25) is 10.1 Å². The van der Waals surface area contributed by atoms with Gasteiger partial charge in [0.25, 0.3) is 5.69 Å². The summed E-state index contributed by atoms with van der Waals surface area (Å²) in [6.07, 6.45) is -0.827. The first-order valence-electron chi connectivity index (χ1n) is 6.24. The highest BCUT2D eigenvalue weighted by Gasteiger charge is 2.18. The molecule has 21 heavy (non-hydrogen) atoms. The Morgan fingerprint density at radius 3 is 2.43 bits per heavy atom. The molecule has 0 saturated carbocycles. The molecule has 6 nitrogen and oxygen atoms in total. The standard InChI is InChI=1S/C15H13NO5/c1-11(20-13-7-3-2-4-8-13)15(17)21-14-9-5-6-12(10-14)16(18)19/h2-11H,1H3. The van der Waals surface area contributed by atoms with Crippen molar-refractivity contribution >= 4 is 11.7 Å². The van der Waals surface area contributed by atoms with Gasteiger partial charge in [0.1, 0.15) is 11.5 Å². The molecular weight excluding hydrogens is 274 g/mol. The lowest BCUT2D eigenvalue weighted by atomic mass is 10.3. The Bertz CT molecular complexity index is 642. The molecule has 2 rings (SSSR count). The molecule has 0 aliphatic rings. The van der Waals surface area contributed by atoms with Gasteiger partial charge in [0.15, 0.2) is 6.10 Å². The quantitative estimate of drug-likeness (QED) is 0.365. The number of non-ortho nitro benzene ring substituents is 1. The Labute approximate surface area is 121 Å². The number of benzene rings is 2.